The summed E-state index contributed by atoms with van der Waals surface area (Å²) in [6, 6.07) is 0. The topological polar surface area (TPSA) is 58.9 Å². The largest absolute Gasteiger partial charge is 0.293 e. The van der Waals surface area contributed by atoms with Crippen molar-refractivity contribution in [1.82, 2.24) is 0 Å². The van der Waals surface area contributed by atoms with E-state index in [0.717, 1.165) is 0 Å². The van der Waals surface area contributed by atoms with Gasteiger partial charge in [-0.15, -0.1) is 0 Å². The molecule has 0 atom stereocenters. The van der Waals surface area contributed by atoms with E-state index in [0.29, 0.717) is 11.3 Å². The van der Waals surface area contributed by atoms with Crippen LogP contribution in [0.1, 0.15) is 0 Å². The van der Waals surface area contributed by atoms with Crippen LogP contribution in [-0.4, -0.2) is 30.2 Å². The lowest BCUT2D eigenvalue weighted by molar-refractivity contribution is -0.115. The van der Waals surface area contributed by atoms with Crippen molar-refractivity contribution in [2.45, 2.75) is 0 Å². The average Bonchev–Trinajstić information content (AvgIpc) is 2.33. The average molecular weight is 148 g/mol. The number of ketones is 1. The molecule has 0 fully saturated rings. The molecule has 0 bridgehead atoms. The van der Waals surface area contributed by atoms with Gasteiger partial charge >= 0.3 is 0 Å². The first kappa shape index (κ1) is 6.15. The van der Waals surface area contributed by atoms with Crippen molar-refractivity contribution in [1.29, 1.82) is 0 Å². The number of rotatable bonds is 0. The molecule has 0 saturated heterocycles. The predicted molar refractivity (Wildman–Crippen MR) is 38.9 cm³/mol. The number of amides is 1. The number of hydrogen-bond acceptors (Lipinski definition) is 3. The van der Waals surface area contributed by atoms with Crippen molar-refractivity contribution in [3.8, 4) is 0 Å². The Morgan fingerprint density at radius 3 is 3.00 bits per heavy atom. The minimum atomic E-state index is -0.364. The van der Waals surface area contributed by atoms with Gasteiger partial charge in [0.1, 0.15) is 6.54 Å². The fraction of sp³-hybridized carbons (Fsp3) is 0.143. The smallest absolute Gasteiger partial charge is 0.279 e. The van der Waals surface area contributed by atoms with Gasteiger partial charge in [-0.05, 0) is 6.08 Å². The quantitative estimate of drug-likeness (QED) is 0.467. The van der Waals surface area contributed by atoms with Crippen LogP contribution in [0.4, 0.5) is 0 Å². The van der Waals surface area contributed by atoms with E-state index in [4.69, 9.17) is 0 Å². The second kappa shape index (κ2) is 1.95. The standard InChI is InChI=1S/C7H4N2O2/c10-4-1-5-6(8-2-4)3-9-7(5)11/h1,3H,2H2. The summed E-state index contributed by atoms with van der Waals surface area (Å²) in [7, 11) is 0. The minimum absolute atomic E-state index is 0.136. The molecule has 2 heterocycles. The molecular formula is C7H4N2O2. The van der Waals surface area contributed by atoms with Gasteiger partial charge in [-0.2, -0.15) is 0 Å². The van der Waals surface area contributed by atoms with E-state index >= 15 is 0 Å². The van der Waals surface area contributed by atoms with Gasteiger partial charge in [0, 0.05) is 0 Å². The van der Waals surface area contributed by atoms with Gasteiger partial charge in [-0.1, -0.05) is 0 Å². The van der Waals surface area contributed by atoms with Crippen molar-refractivity contribution in [3.63, 3.8) is 0 Å². The van der Waals surface area contributed by atoms with Gasteiger partial charge in [0.2, 0.25) is 0 Å². The zero-order valence-corrected chi connectivity index (χ0v) is 5.57. The fourth-order valence-corrected chi connectivity index (χ4v) is 1.000. The highest BCUT2D eigenvalue weighted by Crippen LogP contribution is 2.10. The van der Waals surface area contributed by atoms with Crippen LogP contribution in [0.5, 0.6) is 0 Å². The Kier molecular flexibility index (Phi) is 1.09. The van der Waals surface area contributed by atoms with Gasteiger partial charge in [-0.25, -0.2) is 4.99 Å². The van der Waals surface area contributed by atoms with Crippen LogP contribution >= 0.6 is 0 Å². The number of hydrogen-bond donors (Lipinski definition) is 0. The highest BCUT2D eigenvalue weighted by Gasteiger charge is 2.23. The molecule has 0 saturated carbocycles. The van der Waals surface area contributed by atoms with E-state index in [1.165, 1.54) is 12.3 Å². The van der Waals surface area contributed by atoms with Crippen LogP contribution in [0.3, 0.4) is 0 Å². The van der Waals surface area contributed by atoms with Crippen molar-refractivity contribution in [2.24, 2.45) is 9.98 Å². The van der Waals surface area contributed by atoms with Crippen LogP contribution in [-0.2, 0) is 9.59 Å². The fourth-order valence-electron chi connectivity index (χ4n) is 1.000. The lowest BCUT2D eigenvalue weighted by Crippen LogP contribution is -2.15. The highest BCUT2D eigenvalue weighted by atomic mass is 16.1. The maximum absolute atomic E-state index is 10.9. The zero-order chi connectivity index (χ0) is 7.84. The number of carbonyl (C=O) groups excluding carboxylic acids is 2. The van der Waals surface area contributed by atoms with E-state index in [-0.39, 0.29) is 18.2 Å². The Morgan fingerprint density at radius 2 is 2.18 bits per heavy atom. The first-order valence-electron chi connectivity index (χ1n) is 3.15. The van der Waals surface area contributed by atoms with Crippen molar-refractivity contribution >= 4 is 23.6 Å². The van der Waals surface area contributed by atoms with Crippen LogP contribution in [0.25, 0.3) is 0 Å². The second-order valence-electron chi connectivity index (χ2n) is 2.29. The Hall–Kier alpha value is -1.58. The molecule has 4 heteroatoms. The van der Waals surface area contributed by atoms with E-state index in [1.807, 2.05) is 0 Å². The van der Waals surface area contributed by atoms with Crippen molar-refractivity contribution in [3.05, 3.63) is 11.6 Å². The normalized spacial score (nSPS) is 21.5. The number of carbonyl (C=O) groups is 2. The summed E-state index contributed by atoms with van der Waals surface area (Å²) < 4.78 is 0. The van der Waals surface area contributed by atoms with E-state index in [1.54, 1.807) is 0 Å². The minimum Gasteiger partial charge on any atom is -0.293 e. The van der Waals surface area contributed by atoms with Crippen LogP contribution in [0, 0.1) is 0 Å². The summed E-state index contributed by atoms with van der Waals surface area (Å²) in [6.07, 6.45) is 2.69. The number of fused-ring (bicyclic) bond motifs is 1. The molecule has 0 N–H and O–H groups in total. The van der Waals surface area contributed by atoms with Crippen molar-refractivity contribution < 1.29 is 9.59 Å². The maximum atomic E-state index is 10.9. The highest BCUT2D eigenvalue weighted by molar-refractivity contribution is 6.53. The van der Waals surface area contributed by atoms with E-state index in [9.17, 15) is 9.59 Å². The van der Waals surface area contributed by atoms with E-state index in [2.05, 4.69) is 9.98 Å². The van der Waals surface area contributed by atoms with Crippen LogP contribution < -0.4 is 0 Å². The molecule has 54 valence electrons. The van der Waals surface area contributed by atoms with Crippen LogP contribution in [0.2, 0.25) is 0 Å². The van der Waals surface area contributed by atoms with Gasteiger partial charge in [0.05, 0.1) is 17.5 Å². The number of dihydropyridines is 1. The molecule has 4 nitrogen and oxygen atoms in total. The monoisotopic (exact) mass is 148 g/mol. The third-order valence-electron chi connectivity index (χ3n) is 1.52. The maximum Gasteiger partial charge on any atom is 0.279 e. The molecule has 1 amide bonds. The Bertz CT molecular complexity index is 336. The third kappa shape index (κ3) is 0.832. The first-order valence-corrected chi connectivity index (χ1v) is 3.15. The summed E-state index contributed by atoms with van der Waals surface area (Å²) in [5.74, 6) is -0.501. The molecule has 0 unspecified atom stereocenters. The molecule has 0 aromatic heterocycles. The Labute approximate surface area is 62.3 Å². The van der Waals surface area contributed by atoms with Gasteiger partial charge < -0.3 is 0 Å². The summed E-state index contributed by atoms with van der Waals surface area (Å²) in [5.41, 5.74) is 0.871. The van der Waals surface area contributed by atoms with Crippen LogP contribution in [0.15, 0.2) is 21.6 Å². The SMILES string of the molecule is O=C1C=C2C(=O)N=CC2=NC1. The molecule has 0 radical (unpaired) electrons. The zero-order valence-electron chi connectivity index (χ0n) is 5.57. The number of aliphatic imine (C=N–C) groups is 2. The molecule has 2 aliphatic heterocycles. The summed E-state index contributed by atoms with van der Waals surface area (Å²) in [6.45, 7) is 0.137. The Balaban J connectivity index is 2.50. The molecule has 2 aliphatic rings. The predicted octanol–water partition coefficient (Wildman–Crippen LogP) is -0.453. The van der Waals surface area contributed by atoms with Gasteiger partial charge in [0.15, 0.2) is 5.78 Å². The number of nitrogens with zero attached hydrogens (tertiary/aromatic N) is 2. The molecule has 0 aromatic rings. The Morgan fingerprint density at radius 1 is 1.36 bits per heavy atom. The van der Waals surface area contributed by atoms with E-state index < -0.39 is 0 Å². The molecule has 0 aliphatic carbocycles. The summed E-state index contributed by atoms with van der Waals surface area (Å²) in [4.78, 5) is 29.0. The molecule has 11 heavy (non-hydrogen) atoms. The molecule has 0 aromatic carbocycles. The third-order valence-corrected chi connectivity index (χ3v) is 1.52. The molecule has 2 rings (SSSR count). The van der Waals surface area contributed by atoms with Gasteiger partial charge in [-0.3, -0.25) is 14.6 Å². The summed E-state index contributed by atoms with van der Waals surface area (Å²) >= 11 is 0. The second-order valence-corrected chi connectivity index (χ2v) is 2.29. The lowest BCUT2D eigenvalue weighted by atomic mass is 10.1. The first-order chi connectivity index (χ1) is 5.27. The van der Waals surface area contributed by atoms with Crippen molar-refractivity contribution in [2.75, 3.05) is 6.54 Å². The lowest BCUT2D eigenvalue weighted by Gasteiger charge is -2.01. The summed E-state index contributed by atoms with van der Waals surface area (Å²) in [5, 5.41) is 0. The molecule has 0 spiro atoms. The molecular weight excluding hydrogens is 144 g/mol. The van der Waals surface area contributed by atoms with Gasteiger partial charge in [0.25, 0.3) is 5.91 Å².